The number of benzene rings is 2. The molecule has 1 aliphatic carbocycles. The van der Waals surface area contributed by atoms with Crippen LogP contribution in [0.2, 0.25) is 0 Å². The Morgan fingerprint density at radius 3 is 1.33 bits per heavy atom. The van der Waals surface area contributed by atoms with E-state index >= 15 is 0 Å². The van der Waals surface area contributed by atoms with E-state index in [-0.39, 0.29) is 22.3 Å². The molecule has 2 nitrogen and oxygen atoms in total. The summed E-state index contributed by atoms with van der Waals surface area (Å²) >= 11 is 0. The molecule has 2 aromatic carbocycles. The van der Waals surface area contributed by atoms with Crippen molar-refractivity contribution < 1.29 is 27.2 Å². The predicted octanol–water partition coefficient (Wildman–Crippen LogP) is 4.96. The number of fused-ring (bicyclic) bond motifs is 3. The SMILES string of the molecule is CC(=O)c1ccc2c(c1)C(F)(F)C(F)(F)c1cc(C(C)=O)ccc1-2. The minimum atomic E-state index is -4.49. The number of hydrogen-bond acceptors (Lipinski definition) is 2. The molecule has 2 aromatic rings. The fourth-order valence-corrected chi connectivity index (χ4v) is 2.85. The number of alkyl halides is 4. The van der Waals surface area contributed by atoms with Gasteiger partial charge in [-0.2, -0.15) is 17.6 Å². The summed E-state index contributed by atoms with van der Waals surface area (Å²) < 4.78 is 57.9. The van der Waals surface area contributed by atoms with Crippen LogP contribution in [-0.4, -0.2) is 11.6 Å². The molecular weight excluding hydrogens is 324 g/mol. The molecule has 0 N–H and O–H groups in total. The molecule has 0 saturated carbocycles. The first-order valence-electron chi connectivity index (χ1n) is 7.14. The van der Waals surface area contributed by atoms with Gasteiger partial charge >= 0.3 is 11.8 Å². The Morgan fingerprint density at radius 2 is 1.04 bits per heavy atom. The van der Waals surface area contributed by atoms with E-state index in [0.717, 1.165) is 12.1 Å². The van der Waals surface area contributed by atoms with Crippen LogP contribution in [-0.2, 0) is 11.8 Å². The lowest BCUT2D eigenvalue weighted by molar-refractivity contribution is -0.225. The van der Waals surface area contributed by atoms with Crippen LogP contribution in [0, 0.1) is 0 Å². The summed E-state index contributed by atoms with van der Waals surface area (Å²) in [5, 5.41) is 0. The lowest BCUT2D eigenvalue weighted by Crippen LogP contribution is -2.39. The number of halogens is 4. The second kappa shape index (κ2) is 5.00. The molecule has 0 aromatic heterocycles. The maximum absolute atomic E-state index is 14.5. The lowest BCUT2D eigenvalue weighted by Gasteiger charge is -2.35. The summed E-state index contributed by atoms with van der Waals surface area (Å²) in [6, 6.07) is 6.75. The number of rotatable bonds is 2. The van der Waals surface area contributed by atoms with Crippen LogP contribution in [0.3, 0.4) is 0 Å². The van der Waals surface area contributed by atoms with E-state index in [9.17, 15) is 27.2 Å². The molecule has 1 aliphatic rings. The van der Waals surface area contributed by atoms with Gasteiger partial charge in [-0.05, 0) is 37.1 Å². The van der Waals surface area contributed by atoms with E-state index in [1.54, 1.807) is 0 Å². The monoisotopic (exact) mass is 336 g/mol. The third kappa shape index (κ3) is 2.09. The van der Waals surface area contributed by atoms with Crippen LogP contribution in [0.4, 0.5) is 17.6 Å². The van der Waals surface area contributed by atoms with Crippen molar-refractivity contribution in [3.63, 3.8) is 0 Å². The van der Waals surface area contributed by atoms with Gasteiger partial charge in [-0.25, -0.2) is 0 Å². The van der Waals surface area contributed by atoms with Crippen molar-refractivity contribution in [2.24, 2.45) is 0 Å². The summed E-state index contributed by atoms with van der Waals surface area (Å²) in [4.78, 5) is 22.8. The average Bonchev–Trinajstić information content (AvgIpc) is 2.52. The van der Waals surface area contributed by atoms with E-state index < -0.39 is 34.5 Å². The minimum absolute atomic E-state index is 0.0620. The summed E-state index contributed by atoms with van der Waals surface area (Å²) in [5.74, 6) is -9.96. The van der Waals surface area contributed by atoms with E-state index in [1.807, 2.05) is 0 Å². The van der Waals surface area contributed by atoms with Gasteiger partial charge in [-0.15, -0.1) is 0 Å². The van der Waals surface area contributed by atoms with E-state index in [1.165, 1.54) is 38.1 Å². The molecule has 0 amide bonds. The largest absolute Gasteiger partial charge is 0.340 e. The predicted molar refractivity (Wildman–Crippen MR) is 79.7 cm³/mol. The summed E-state index contributed by atoms with van der Waals surface area (Å²) in [6.07, 6.45) is 0. The highest BCUT2D eigenvalue weighted by Crippen LogP contribution is 2.58. The zero-order chi connectivity index (χ0) is 17.9. The molecule has 3 rings (SSSR count). The summed E-state index contributed by atoms with van der Waals surface area (Å²) in [6.45, 7) is 2.35. The van der Waals surface area contributed by atoms with Gasteiger partial charge < -0.3 is 0 Å². The van der Waals surface area contributed by atoms with Gasteiger partial charge in [0.1, 0.15) is 0 Å². The van der Waals surface area contributed by atoms with Crippen molar-refractivity contribution in [3.8, 4) is 11.1 Å². The van der Waals surface area contributed by atoms with E-state index in [4.69, 9.17) is 0 Å². The topological polar surface area (TPSA) is 34.1 Å². The molecule has 0 fully saturated rings. The Hall–Kier alpha value is -2.50. The molecule has 24 heavy (non-hydrogen) atoms. The maximum atomic E-state index is 14.5. The molecule has 0 saturated heterocycles. The summed E-state index contributed by atoms with van der Waals surface area (Å²) in [7, 11) is 0. The van der Waals surface area contributed by atoms with Crippen LogP contribution in [0.5, 0.6) is 0 Å². The fourth-order valence-electron chi connectivity index (χ4n) is 2.85. The first kappa shape index (κ1) is 16.4. The standard InChI is InChI=1S/C18H12F4O2/c1-9(23)11-3-5-13-14-6-4-12(10(2)24)8-16(14)18(21,22)17(19,20)15(13)7-11/h3-8H,1-2H3. The third-order valence-corrected chi connectivity index (χ3v) is 4.21. The van der Waals surface area contributed by atoms with E-state index in [2.05, 4.69) is 0 Å². The van der Waals surface area contributed by atoms with E-state index in [0.29, 0.717) is 0 Å². The van der Waals surface area contributed by atoms with Crippen molar-refractivity contribution in [1.82, 2.24) is 0 Å². The maximum Gasteiger partial charge on any atom is 0.340 e. The number of carbonyl (C=O) groups excluding carboxylic acids is 2. The van der Waals surface area contributed by atoms with Gasteiger partial charge in [0.2, 0.25) is 0 Å². The number of hydrogen-bond donors (Lipinski definition) is 0. The number of carbonyl (C=O) groups is 2. The smallest absolute Gasteiger partial charge is 0.295 e. The zero-order valence-electron chi connectivity index (χ0n) is 12.8. The van der Waals surface area contributed by atoms with Crippen LogP contribution < -0.4 is 0 Å². The molecule has 0 bridgehead atoms. The quantitative estimate of drug-likeness (QED) is 0.574. The second-order valence-corrected chi connectivity index (χ2v) is 5.78. The van der Waals surface area contributed by atoms with Crippen molar-refractivity contribution in [3.05, 3.63) is 58.7 Å². The van der Waals surface area contributed by atoms with Gasteiger partial charge in [0.05, 0.1) is 0 Å². The Morgan fingerprint density at radius 1 is 0.708 bits per heavy atom. The first-order valence-corrected chi connectivity index (χ1v) is 7.14. The lowest BCUT2D eigenvalue weighted by atomic mass is 9.79. The third-order valence-electron chi connectivity index (χ3n) is 4.21. The molecule has 0 spiro atoms. The van der Waals surface area contributed by atoms with Crippen molar-refractivity contribution >= 4 is 11.6 Å². The van der Waals surface area contributed by atoms with Crippen LogP contribution in [0.25, 0.3) is 11.1 Å². The molecule has 0 unspecified atom stereocenters. The Kier molecular flexibility index (Phi) is 3.41. The first-order chi connectivity index (χ1) is 11.1. The average molecular weight is 336 g/mol. The van der Waals surface area contributed by atoms with Gasteiger partial charge in [-0.1, -0.05) is 24.3 Å². The normalized spacial score (nSPS) is 16.9. The van der Waals surface area contributed by atoms with Gasteiger partial charge in [0, 0.05) is 22.3 Å². The molecule has 124 valence electrons. The Bertz CT molecular complexity index is 811. The van der Waals surface area contributed by atoms with Gasteiger partial charge in [-0.3, -0.25) is 9.59 Å². The fraction of sp³-hybridized carbons (Fsp3) is 0.222. The van der Waals surface area contributed by atoms with Crippen LogP contribution >= 0.6 is 0 Å². The van der Waals surface area contributed by atoms with Gasteiger partial charge in [0.25, 0.3) is 0 Å². The highest BCUT2D eigenvalue weighted by Gasteiger charge is 2.62. The highest BCUT2D eigenvalue weighted by molar-refractivity contribution is 5.97. The number of Topliss-reactive ketones (excluding diaryl/α,β-unsaturated/α-hetero) is 2. The molecule has 6 heteroatoms. The summed E-state index contributed by atoms with van der Waals surface area (Å²) in [5.41, 5.74) is -2.03. The molecule has 0 radical (unpaired) electrons. The minimum Gasteiger partial charge on any atom is -0.295 e. The zero-order valence-corrected chi connectivity index (χ0v) is 12.8. The van der Waals surface area contributed by atoms with Crippen molar-refractivity contribution in [2.75, 3.05) is 0 Å². The van der Waals surface area contributed by atoms with Crippen LogP contribution in [0.1, 0.15) is 45.7 Å². The molecular formula is C18H12F4O2. The Balaban J connectivity index is 2.37. The molecule has 0 atom stereocenters. The second-order valence-electron chi connectivity index (χ2n) is 5.78. The van der Waals surface area contributed by atoms with Crippen LogP contribution in [0.15, 0.2) is 36.4 Å². The molecule has 0 aliphatic heterocycles. The van der Waals surface area contributed by atoms with Crippen molar-refractivity contribution in [1.29, 1.82) is 0 Å². The number of ketones is 2. The van der Waals surface area contributed by atoms with Gasteiger partial charge in [0.15, 0.2) is 11.6 Å². The highest BCUT2D eigenvalue weighted by atomic mass is 19.3. The van der Waals surface area contributed by atoms with Crippen molar-refractivity contribution in [2.45, 2.75) is 25.7 Å². The molecule has 0 heterocycles. The Labute approximate surface area is 135 Å².